The minimum Gasteiger partial charge on any atom is -0.396 e. The normalized spacial score (nSPS) is 15.2. The zero-order chi connectivity index (χ0) is 17.6. The van der Waals surface area contributed by atoms with Crippen molar-refractivity contribution in [1.29, 1.82) is 0 Å². The molecule has 3 rings (SSSR count). The van der Waals surface area contributed by atoms with Crippen molar-refractivity contribution in [3.8, 4) is 0 Å². The molecule has 0 spiro atoms. The fraction of sp³-hybridized carbons (Fsp3) is 0.368. The summed E-state index contributed by atoms with van der Waals surface area (Å²) in [6.45, 7) is 2.50. The van der Waals surface area contributed by atoms with E-state index in [2.05, 4.69) is 15.2 Å². The van der Waals surface area contributed by atoms with Crippen molar-refractivity contribution in [3.63, 3.8) is 0 Å². The summed E-state index contributed by atoms with van der Waals surface area (Å²) in [5.41, 5.74) is 2.10. The van der Waals surface area contributed by atoms with E-state index in [9.17, 15) is 14.3 Å². The van der Waals surface area contributed by atoms with Gasteiger partial charge in [0.05, 0.1) is 11.8 Å². The molecule has 1 aliphatic heterocycles. The van der Waals surface area contributed by atoms with Crippen LogP contribution in [-0.4, -0.2) is 35.7 Å². The van der Waals surface area contributed by atoms with Crippen LogP contribution >= 0.6 is 0 Å². The second kappa shape index (κ2) is 8.07. The number of aromatic nitrogens is 1. The third-order valence-electron chi connectivity index (χ3n) is 4.64. The summed E-state index contributed by atoms with van der Waals surface area (Å²) in [6.07, 6.45) is 4.44. The van der Waals surface area contributed by atoms with Crippen molar-refractivity contribution in [2.45, 2.75) is 19.4 Å². The standard InChI is InChI=1S/C19H22FN3O2/c20-18-12-21-8-5-17(18)19(25)22-11-14-1-3-16(4-2-14)23-9-6-15(13-24)7-10-23/h1-5,8,12,15,24H,6-7,9-11,13H2,(H,22,25). The number of carbonyl (C=O) groups is 1. The molecule has 132 valence electrons. The number of nitrogens with zero attached hydrogens (tertiary/aromatic N) is 2. The van der Waals surface area contributed by atoms with Crippen LogP contribution in [0.4, 0.5) is 10.1 Å². The average Bonchev–Trinajstić information content (AvgIpc) is 2.67. The molecule has 1 aromatic heterocycles. The van der Waals surface area contributed by atoms with Crippen LogP contribution in [0.2, 0.25) is 0 Å². The third kappa shape index (κ3) is 4.33. The first-order valence-electron chi connectivity index (χ1n) is 8.50. The number of hydrogen-bond acceptors (Lipinski definition) is 4. The van der Waals surface area contributed by atoms with Crippen LogP contribution in [0.1, 0.15) is 28.8 Å². The van der Waals surface area contributed by atoms with Gasteiger partial charge in [-0.1, -0.05) is 12.1 Å². The van der Waals surface area contributed by atoms with E-state index in [1.165, 1.54) is 12.3 Å². The molecular formula is C19H22FN3O2. The number of pyridine rings is 1. The van der Waals surface area contributed by atoms with Crippen LogP contribution in [0.3, 0.4) is 0 Å². The Kier molecular flexibility index (Phi) is 5.60. The maximum atomic E-state index is 13.5. The summed E-state index contributed by atoms with van der Waals surface area (Å²) in [7, 11) is 0. The van der Waals surface area contributed by atoms with Crippen molar-refractivity contribution in [2.24, 2.45) is 5.92 Å². The fourth-order valence-electron chi connectivity index (χ4n) is 3.04. The first kappa shape index (κ1) is 17.4. The predicted octanol–water partition coefficient (Wildman–Crippen LogP) is 2.36. The quantitative estimate of drug-likeness (QED) is 0.875. The van der Waals surface area contributed by atoms with E-state index in [-0.39, 0.29) is 12.2 Å². The molecule has 5 nitrogen and oxygen atoms in total. The largest absolute Gasteiger partial charge is 0.396 e. The maximum absolute atomic E-state index is 13.5. The van der Waals surface area contributed by atoms with Gasteiger partial charge in [-0.3, -0.25) is 9.78 Å². The SMILES string of the molecule is O=C(NCc1ccc(N2CCC(CO)CC2)cc1)c1ccncc1F. The number of benzene rings is 1. The lowest BCUT2D eigenvalue weighted by Crippen LogP contribution is -2.34. The number of piperidine rings is 1. The summed E-state index contributed by atoms with van der Waals surface area (Å²) >= 11 is 0. The maximum Gasteiger partial charge on any atom is 0.254 e. The molecule has 1 saturated heterocycles. The van der Waals surface area contributed by atoms with Crippen molar-refractivity contribution in [1.82, 2.24) is 10.3 Å². The minimum atomic E-state index is -0.623. The highest BCUT2D eigenvalue weighted by Gasteiger charge is 2.18. The molecule has 0 atom stereocenters. The number of carbonyl (C=O) groups excluding carboxylic acids is 1. The number of amides is 1. The topological polar surface area (TPSA) is 65.5 Å². The van der Waals surface area contributed by atoms with Crippen LogP contribution in [0.5, 0.6) is 0 Å². The van der Waals surface area contributed by atoms with Gasteiger partial charge in [-0.15, -0.1) is 0 Å². The highest BCUT2D eigenvalue weighted by atomic mass is 19.1. The van der Waals surface area contributed by atoms with Crippen LogP contribution in [-0.2, 0) is 6.54 Å². The van der Waals surface area contributed by atoms with Crippen LogP contribution in [0.25, 0.3) is 0 Å². The molecule has 0 unspecified atom stereocenters. The molecule has 2 heterocycles. The molecule has 1 fully saturated rings. The van der Waals surface area contributed by atoms with Gasteiger partial charge in [0, 0.05) is 38.1 Å². The Balaban J connectivity index is 1.54. The van der Waals surface area contributed by atoms with E-state index in [0.717, 1.165) is 43.4 Å². The first-order chi connectivity index (χ1) is 12.2. The highest BCUT2D eigenvalue weighted by molar-refractivity contribution is 5.94. The number of halogens is 1. The lowest BCUT2D eigenvalue weighted by Gasteiger charge is -2.33. The molecule has 1 aliphatic rings. The molecule has 1 aromatic carbocycles. The molecular weight excluding hydrogens is 321 g/mol. The Morgan fingerprint density at radius 2 is 1.96 bits per heavy atom. The Labute approximate surface area is 146 Å². The number of nitrogens with one attached hydrogen (secondary N) is 1. The van der Waals surface area contributed by atoms with Crippen LogP contribution in [0.15, 0.2) is 42.7 Å². The summed E-state index contributed by atoms with van der Waals surface area (Å²) in [5, 5.41) is 11.9. The smallest absolute Gasteiger partial charge is 0.254 e. The van der Waals surface area contributed by atoms with Gasteiger partial charge in [-0.25, -0.2) is 4.39 Å². The molecule has 25 heavy (non-hydrogen) atoms. The summed E-state index contributed by atoms with van der Waals surface area (Å²) in [4.78, 5) is 17.9. The number of aliphatic hydroxyl groups excluding tert-OH is 1. The van der Waals surface area contributed by atoms with Crippen molar-refractivity contribution in [2.75, 3.05) is 24.6 Å². The lowest BCUT2D eigenvalue weighted by molar-refractivity contribution is 0.0946. The number of hydrogen-bond donors (Lipinski definition) is 2. The zero-order valence-corrected chi connectivity index (χ0v) is 14.0. The van der Waals surface area contributed by atoms with Gasteiger partial charge in [-0.05, 0) is 42.5 Å². The summed E-state index contributed by atoms with van der Waals surface area (Å²) in [5.74, 6) is -0.656. The van der Waals surface area contributed by atoms with Gasteiger partial charge in [-0.2, -0.15) is 0 Å². The molecule has 2 aromatic rings. The molecule has 0 radical (unpaired) electrons. The average molecular weight is 343 g/mol. The fourth-order valence-corrected chi connectivity index (χ4v) is 3.04. The van der Waals surface area contributed by atoms with Crippen molar-refractivity contribution in [3.05, 3.63) is 59.7 Å². The monoisotopic (exact) mass is 343 g/mol. The van der Waals surface area contributed by atoms with Gasteiger partial charge in [0.15, 0.2) is 5.82 Å². The Bertz CT molecular complexity index is 713. The number of anilines is 1. The van der Waals surface area contributed by atoms with Crippen LogP contribution in [0, 0.1) is 11.7 Å². The number of rotatable bonds is 5. The van der Waals surface area contributed by atoms with E-state index >= 15 is 0 Å². The molecule has 1 amide bonds. The van der Waals surface area contributed by atoms with Gasteiger partial charge < -0.3 is 15.3 Å². The van der Waals surface area contributed by atoms with Crippen molar-refractivity contribution >= 4 is 11.6 Å². The number of aliphatic hydroxyl groups is 1. The third-order valence-corrected chi connectivity index (χ3v) is 4.64. The second-order valence-corrected chi connectivity index (χ2v) is 6.32. The summed E-state index contributed by atoms with van der Waals surface area (Å²) in [6, 6.07) is 9.37. The van der Waals surface area contributed by atoms with Crippen molar-refractivity contribution < 1.29 is 14.3 Å². The molecule has 0 aliphatic carbocycles. The second-order valence-electron chi connectivity index (χ2n) is 6.32. The van der Waals surface area contributed by atoms with Crippen LogP contribution < -0.4 is 10.2 Å². The predicted molar refractivity (Wildman–Crippen MR) is 93.8 cm³/mol. The first-order valence-corrected chi connectivity index (χ1v) is 8.50. The molecule has 0 saturated carbocycles. The van der Waals surface area contributed by atoms with E-state index < -0.39 is 11.7 Å². The molecule has 2 N–H and O–H groups in total. The minimum absolute atomic E-state index is 0.00151. The van der Waals surface area contributed by atoms with Gasteiger partial charge in [0.1, 0.15) is 0 Å². The van der Waals surface area contributed by atoms with E-state index in [1.54, 1.807) is 0 Å². The van der Waals surface area contributed by atoms with E-state index in [1.807, 2.05) is 24.3 Å². The Morgan fingerprint density at radius 1 is 1.24 bits per heavy atom. The Hall–Kier alpha value is -2.47. The van der Waals surface area contributed by atoms with Gasteiger partial charge >= 0.3 is 0 Å². The van der Waals surface area contributed by atoms with Gasteiger partial charge in [0.25, 0.3) is 5.91 Å². The van der Waals surface area contributed by atoms with E-state index in [4.69, 9.17) is 0 Å². The lowest BCUT2D eigenvalue weighted by atomic mass is 9.97. The molecule has 0 bridgehead atoms. The molecule has 6 heteroatoms. The summed E-state index contributed by atoms with van der Waals surface area (Å²) < 4.78 is 13.5. The van der Waals surface area contributed by atoms with Gasteiger partial charge in [0.2, 0.25) is 0 Å². The van der Waals surface area contributed by atoms with E-state index in [0.29, 0.717) is 12.5 Å². The highest BCUT2D eigenvalue weighted by Crippen LogP contribution is 2.23. The Morgan fingerprint density at radius 3 is 2.60 bits per heavy atom. The zero-order valence-electron chi connectivity index (χ0n) is 14.0.